The molecule has 0 atom stereocenters. The summed E-state index contributed by atoms with van der Waals surface area (Å²) in [6, 6.07) is 0. The lowest BCUT2D eigenvalue weighted by Crippen LogP contribution is -2.49. The van der Waals surface area contributed by atoms with E-state index in [-0.39, 0.29) is 5.60 Å². The summed E-state index contributed by atoms with van der Waals surface area (Å²) in [5, 5.41) is 0. The van der Waals surface area contributed by atoms with Crippen molar-refractivity contribution < 1.29 is 18.0 Å². The Morgan fingerprint density at radius 3 is 1.54 bits per heavy atom. The van der Waals surface area contributed by atoms with Gasteiger partial charge in [-0.3, -0.25) is 0 Å². The summed E-state index contributed by atoms with van der Waals surface area (Å²) in [5.41, 5.74) is -0.201. The zero-order valence-electron chi connectivity index (χ0n) is 9.34. The van der Waals surface area contributed by atoms with Crippen LogP contribution in [0.2, 0.25) is 0 Å². The van der Waals surface area contributed by atoms with Gasteiger partial charge in [0, 0.05) is 21.3 Å². The topological polar surface area (TPSA) is 36.9 Å². The summed E-state index contributed by atoms with van der Waals surface area (Å²) < 4.78 is 21.2. The highest BCUT2D eigenvalue weighted by molar-refractivity contribution is 6.60. The molecule has 0 aliphatic rings. The molecule has 0 aromatic carbocycles. The molecule has 0 unspecified atom stereocenters. The Balaban J connectivity index is 4.11. The molecular weight excluding hydrogens is 188 g/mol. The van der Waals surface area contributed by atoms with Crippen LogP contribution in [0.5, 0.6) is 0 Å². The van der Waals surface area contributed by atoms with Crippen molar-refractivity contribution >= 4 is 8.80 Å². The summed E-state index contributed by atoms with van der Waals surface area (Å²) in [7, 11) is 2.17. The molecule has 80 valence electrons. The van der Waals surface area contributed by atoms with Gasteiger partial charge in [-0.05, 0) is 20.8 Å². The minimum Gasteiger partial charge on any atom is -0.375 e. The molecule has 5 heteroatoms. The zero-order chi connectivity index (χ0) is 10.5. The van der Waals surface area contributed by atoms with Gasteiger partial charge in [-0.2, -0.15) is 0 Å². The van der Waals surface area contributed by atoms with Crippen molar-refractivity contribution in [1.82, 2.24) is 0 Å². The van der Waals surface area contributed by atoms with E-state index in [1.165, 1.54) is 0 Å². The third kappa shape index (κ3) is 4.73. The van der Waals surface area contributed by atoms with Crippen LogP contribution in [0, 0.1) is 0 Å². The van der Waals surface area contributed by atoms with Gasteiger partial charge in [-0.15, -0.1) is 0 Å². The standard InChI is InChI=1S/C8H20O4Si/c1-8(2,3)12-7-13(9-4,10-5)11-6/h7H2,1-6H3. The summed E-state index contributed by atoms with van der Waals surface area (Å²) in [6.45, 7) is 5.94. The van der Waals surface area contributed by atoms with Gasteiger partial charge in [0.25, 0.3) is 0 Å². The maximum atomic E-state index is 5.55. The van der Waals surface area contributed by atoms with Crippen LogP contribution in [-0.4, -0.2) is 42.0 Å². The van der Waals surface area contributed by atoms with Gasteiger partial charge in [0.1, 0.15) is 6.23 Å². The lowest BCUT2D eigenvalue weighted by Gasteiger charge is -2.28. The Morgan fingerprint density at radius 2 is 1.31 bits per heavy atom. The molecule has 0 fully saturated rings. The lowest BCUT2D eigenvalue weighted by molar-refractivity contribution is -0.0148. The highest BCUT2D eigenvalue weighted by Crippen LogP contribution is 2.13. The molecule has 0 aromatic heterocycles. The quantitative estimate of drug-likeness (QED) is 0.637. The number of hydrogen-bond donors (Lipinski definition) is 0. The average molecular weight is 208 g/mol. The second kappa shape index (κ2) is 5.07. The van der Waals surface area contributed by atoms with E-state index in [1.807, 2.05) is 20.8 Å². The fourth-order valence-electron chi connectivity index (χ4n) is 0.732. The maximum Gasteiger partial charge on any atom is 0.527 e. The zero-order valence-corrected chi connectivity index (χ0v) is 10.3. The van der Waals surface area contributed by atoms with Gasteiger partial charge in [0.05, 0.1) is 5.60 Å². The third-order valence-electron chi connectivity index (χ3n) is 1.61. The molecule has 13 heavy (non-hydrogen) atoms. The first-order valence-corrected chi connectivity index (χ1v) is 6.12. The first-order chi connectivity index (χ1) is 5.89. The molecule has 0 saturated heterocycles. The fraction of sp³-hybridized carbons (Fsp3) is 1.00. The summed E-state index contributed by atoms with van der Waals surface area (Å²) in [4.78, 5) is 0. The number of hydrogen-bond acceptors (Lipinski definition) is 4. The van der Waals surface area contributed by atoms with Gasteiger partial charge < -0.3 is 18.0 Å². The summed E-state index contributed by atoms with van der Waals surface area (Å²) >= 11 is 0. The van der Waals surface area contributed by atoms with Crippen LogP contribution in [0.25, 0.3) is 0 Å². The second-order valence-corrected chi connectivity index (χ2v) is 6.58. The van der Waals surface area contributed by atoms with Gasteiger partial charge in [0.15, 0.2) is 0 Å². The lowest BCUT2D eigenvalue weighted by atomic mass is 10.2. The molecule has 0 spiro atoms. The predicted molar refractivity (Wildman–Crippen MR) is 52.5 cm³/mol. The number of rotatable bonds is 5. The van der Waals surface area contributed by atoms with E-state index in [0.29, 0.717) is 6.23 Å². The molecule has 0 rings (SSSR count). The molecule has 0 heterocycles. The van der Waals surface area contributed by atoms with Crippen LogP contribution in [0.15, 0.2) is 0 Å². The van der Waals surface area contributed by atoms with E-state index >= 15 is 0 Å². The molecule has 0 saturated carbocycles. The van der Waals surface area contributed by atoms with Gasteiger partial charge >= 0.3 is 8.80 Å². The smallest absolute Gasteiger partial charge is 0.375 e. The molecule has 0 aliphatic heterocycles. The Labute approximate surface area is 81.5 Å². The Hall–Kier alpha value is 0.0569. The van der Waals surface area contributed by atoms with Crippen molar-refractivity contribution in [3.63, 3.8) is 0 Å². The third-order valence-corrected chi connectivity index (χ3v) is 3.98. The van der Waals surface area contributed by atoms with Crippen molar-refractivity contribution in [2.45, 2.75) is 26.4 Å². The Bertz CT molecular complexity index is 131. The molecule has 0 bridgehead atoms. The van der Waals surface area contributed by atoms with Gasteiger partial charge in [0.2, 0.25) is 0 Å². The maximum absolute atomic E-state index is 5.55. The highest BCUT2D eigenvalue weighted by Gasteiger charge is 2.39. The van der Waals surface area contributed by atoms with E-state index in [2.05, 4.69) is 0 Å². The van der Waals surface area contributed by atoms with E-state index in [4.69, 9.17) is 18.0 Å². The molecule has 4 nitrogen and oxygen atoms in total. The Morgan fingerprint density at radius 1 is 0.923 bits per heavy atom. The Kier molecular flexibility index (Phi) is 5.09. The SMILES string of the molecule is CO[Si](COC(C)(C)C)(OC)OC. The fourth-order valence-corrected chi connectivity index (χ4v) is 2.20. The van der Waals surface area contributed by atoms with Crippen LogP contribution < -0.4 is 0 Å². The normalized spacial score (nSPS) is 13.4. The largest absolute Gasteiger partial charge is 0.527 e. The van der Waals surface area contributed by atoms with Crippen molar-refractivity contribution in [2.24, 2.45) is 0 Å². The van der Waals surface area contributed by atoms with Crippen molar-refractivity contribution in [3.8, 4) is 0 Å². The van der Waals surface area contributed by atoms with E-state index in [9.17, 15) is 0 Å². The first kappa shape index (κ1) is 13.1. The molecule has 0 radical (unpaired) electrons. The summed E-state index contributed by atoms with van der Waals surface area (Å²) in [6.07, 6.45) is 0.375. The van der Waals surface area contributed by atoms with E-state index < -0.39 is 8.80 Å². The monoisotopic (exact) mass is 208 g/mol. The van der Waals surface area contributed by atoms with Crippen molar-refractivity contribution in [1.29, 1.82) is 0 Å². The van der Waals surface area contributed by atoms with Crippen molar-refractivity contribution in [2.75, 3.05) is 27.6 Å². The second-order valence-electron chi connectivity index (χ2n) is 3.70. The average Bonchev–Trinajstić information content (AvgIpc) is 2.06. The minimum absolute atomic E-state index is 0.201. The molecular formula is C8H20O4Si. The van der Waals surface area contributed by atoms with Crippen LogP contribution >= 0.6 is 0 Å². The molecule has 0 aromatic rings. The van der Waals surface area contributed by atoms with Gasteiger partial charge in [-0.1, -0.05) is 0 Å². The van der Waals surface area contributed by atoms with E-state index in [1.54, 1.807) is 21.3 Å². The van der Waals surface area contributed by atoms with Crippen LogP contribution in [0.4, 0.5) is 0 Å². The molecule has 0 N–H and O–H groups in total. The highest BCUT2D eigenvalue weighted by atomic mass is 28.4. The van der Waals surface area contributed by atoms with Crippen molar-refractivity contribution in [3.05, 3.63) is 0 Å². The van der Waals surface area contributed by atoms with Crippen LogP contribution in [-0.2, 0) is 18.0 Å². The minimum atomic E-state index is -2.55. The first-order valence-electron chi connectivity index (χ1n) is 4.18. The predicted octanol–water partition coefficient (Wildman–Crippen LogP) is 1.22. The van der Waals surface area contributed by atoms with Gasteiger partial charge in [-0.25, -0.2) is 0 Å². The van der Waals surface area contributed by atoms with E-state index in [0.717, 1.165) is 0 Å². The molecule has 0 aliphatic carbocycles. The number of ether oxygens (including phenoxy) is 1. The van der Waals surface area contributed by atoms with Crippen LogP contribution in [0.1, 0.15) is 20.8 Å². The molecule has 0 amide bonds. The van der Waals surface area contributed by atoms with Crippen LogP contribution in [0.3, 0.4) is 0 Å². The summed E-state index contributed by atoms with van der Waals surface area (Å²) in [5.74, 6) is 0.